The van der Waals surface area contributed by atoms with Gasteiger partial charge in [-0.15, -0.1) is 0 Å². The van der Waals surface area contributed by atoms with Crippen LogP contribution in [0, 0.1) is 0 Å². The molecule has 2 aromatic rings. The summed E-state index contributed by atoms with van der Waals surface area (Å²) in [4.78, 5) is 37.7. The van der Waals surface area contributed by atoms with Gasteiger partial charge in [0.05, 0.1) is 0 Å². The standard InChI is InChI=1S/C22H23ClN2O4/c1-15(26)25-12-10-19(11-13-25)24-21(27)14-29-20-8-4-17(5-9-20)22(28)16-2-6-18(23)7-3-16/h2-9,19H,10-14H2,1H3,(H,24,27). The van der Waals surface area contributed by atoms with Crippen molar-refractivity contribution in [1.82, 2.24) is 10.2 Å². The van der Waals surface area contributed by atoms with Gasteiger partial charge in [-0.05, 0) is 61.4 Å². The number of ketones is 1. The Kier molecular flexibility index (Phi) is 6.88. The van der Waals surface area contributed by atoms with E-state index in [0.29, 0.717) is 35.0 Å². The number of piperidine rings is 1. The molecule has 1 heterocycles. The second kappa shape index (κ2) is 9.56. The molecule has 2 aromatic carbocycles. The van der Waals surface area contributed by atoms with E-state index in [0.717, 1.165) is 12.8 Å². The minimum absolute atomic E-state index is 0.0565. The first-order valence-electron chi connectivity index (χ1n) is 9.50. The number of nitrogens with zero attached hydrogens (tertiary/aromatic N) is 1. The third-order valence-corrected chi connectivity index (χ3v) is 5.15. The van der Waals surface area contributed by atoms with Crippen LogP contribution in [0.4, 0.5) is 0 Å². The maximum absolute atomic E-state index is 12.4. The lowest BCUT2D eigenvalue weighted by Crippen LogP contribution is -2.47. The molecule has 2 amide bonds. The van der Waals surface area contributed by atoms with Gasteiger partial charge < -0.3 is 15.0 Å². The highest BCUT2D eigenvalue weighted by molar-refractivity contribution is 6.30. The fourth-order valence-electron chi connectivity index (χ4n) is 3.23. The number of ether oxygens (including phenoxy) is 1. The Labute approximate surface area is 174 Å². The van der Waals surface area contributed by atoms with Gasteiger partial charge in [0.25, 0.3) is 5.91 Å². The van der Waals surface area contributed by atoms with Crippen LogP contribution in [0.1, 0.15) is 35.7 Å². The Morgan fingerprint density at radius 1 is 1.00 bits per heavy atom. The van der Waals surface area contributed by atoms with Gasteiger partial charge in [-0.3, -0.25) is 14.4 Å². The molecule has 1 aliphatic heterocycles. The maximum Gasteiger partial charge on any atom is 0.258 e. The molecule has 0 radical (unpaired) electrons. The number of carbonyl (C=O) groups is 3. The smallest absolute Gasteiger partial charge is 0.258 e. The molecule has 0 spiro atoms. The zero-order valence-corrected chi connectivity index (χ0v) is 16.9. The van der Waals surface area contributed by atoms with Crippen molar-refractivity contribution in [2.24, 2.45) is 0 Å². The van der Waals surface area contributed by atoms with Gasteiger partial charge in [-0.1, -0.05) is 11.6 Å². The molecule has 1 saturated heterocycles. The highest BCUT2D eigenvalue weighted by Gasteiger charge is 2.22. The van der Waals surface area contributed by atoms with Crippen molar-refractivity contribution >= 4 is 29.2 Å². The Balaban J connectivity index is 1.46. The average molecular weight is 415 g/mol. The van der Waals surface area contributed by atoms with Gasteiger partial charge in [-0.2, -0.15) is 0 Å². The molecule has 0 bridgehead atoms. The molecule has 0 atom stereocenters. The van der Waals surface area contributed by atoms with E-state index in [9.17, 15) is 14.4 Å². The lowest BCUT2D eigenvalue weighted by Gasteiger charge is -2.31. The predicted octanol–water partition coefficient (Wildman–Crippen LogP) is 3.08. The van der Waals surface area contributed by atoms with Crippen molar-refractivity contribution in [2.75, 3.05) is 19.7 Å². The van der Waals surface area contributed by atoms with Crippen LogP contribution in [0.15, 0.2) is 48.5 Å². The molecular weight excluding hydrogens is 392 g/mol. The molecule has 0 aliphatic carbocycles. The van der Waals surface area contributed by atoms with E-state index in [4.69, 9.17) is 16.3 Å². The number of halogens is 1. The lowest BCUT2D eigenvalue weighted by molar-refractivity contribution is -0.130. The summed E-state index contributed by atoms with van der Waals surface area (Å²) in [5.74, 6) is 0.269. The number of likely N-dealkylation sites (tertiary alicyclic amines) is 1. The van der Waals surface area contributed by atoms with Gasteiger partial charge in [0.2, 0.25) is 5.91 Å². The Bertz CT molecular complexity index is 873. The minimum Gasteiger partial charge on any atom is -0.484 e. The number of amides is 2. The first kappa shape index (κ1) is 20.9. The van der Waals surface area contributed by atoms with Gasteiger partial charge in [0.15, 0.2) is 12.4 Å². The summed E-state index contributed by atoms with van der Waals surface area (Å²) in [6.07, 6.45) is 1.49. The lowest BCUT2D eigenvalue weighted by atomic mass is 10.0. The first-order valence-corrected chi connectivity index (χ1v) is 9.88. The molecule has 1 fully saturated rings. The molecule has 3 rings (SSSR count). The minimum atomic E-state index is -0.201. The van der Waals surface area contributed by atoms with Crippen molar-refractivity contribution in [3.05, 3.63) is 64.7 Å². The molecule has 0 unspecified atom stereocenters. The second-order valence-electron chi connectivity index (χ2n) is 7.00. The summed E-state index contributed by atoms with van der Waals surface area (Å²) in [6.45, 7) is 2.77. The quantitative estimate of drug-likeness (QED) is 0.737. The first-order chi connectivity index (χ1) is 13.9. The normalized spacial score (nSPS) is 14.3. The van der Waals surface area contributed by atoms with Crippen molar-refractivity contribution < 1.29 is 19.1 Å². The molecule has 1 aliphatic rings. The second-order valence-corrected chi connectivity index (χ2v) is 7.43. The zero-order chi connectivity index (χ0) is 20.8. The molecule has 29 heavy (non-hydrogen) atoms. The van der Waals surface area contributed by atoms with Gasteiger partial charge in [0, 0.05) is 42.2 Å². The number of hydrogen-bond acceptors (Lipinski definition) is 4. The van der Waals surface area contributed by atoms with E-state index in [2.05, 4.69) is 5.32 Å². The van der Waals surface area contributed by atoms with Crippen LogP contribution in [0.25, 0.3) is 0 Å². The largest absolute Gasteiger partial charge is 0.484 e. The molecule has 6 nitrogen and oxygen atoms in total. The molecule has 152 valence electrons. The fraction of sp³-hybridized carbons (Fsp3) is 0.318. The van der Waals surface area contributed by atoms with E-state index in [1.165, 1.54) is 0 Å². The van der Waals surface area contributed by atoms with Gasteiger partial charge in [0.1, 0.15) is 5.75 Å². The Hall–Kier alpha value is -2.86. The average Bonchev–Trinajstić information content (AvgIpc) is 2.73. The summed E-state index contributed by atoms with van der Waals surface area (Å²) in [5, 5.41) is 3.51. The molecule has 7 heteroatoms. The van der Waals surface area contributed by atoms with E-state index < -0.39 is 0 Å². The van der Waals surface area contributed by atoms with E-state index in [1.54, 1.807) is 60.4 Å². The maximum atomic E-state index is 12.4. The topological polar surface area (TPSA) is 75.7 Å². The molecule has 1 N–H and O–H groups in total. The van der Waals surface area contributed by atoms with Crippen molar-refractivity contribution in [3.63, 3.8) is 0 Å². The van der Waals surface area contributed by atoms with Crippen molar-refractivity contribution in [3.8, 4) is 5.75 Å². The summed E-state index contributed by atoms with van der Waals surface area (Å²) in [6, 6.07) is 13.4. The number of nitrogens with one attached hydrogen (secondary N) is 1. The Morgan fingerprint density at radius 3 is 2.10 bits per heavy atom. The van der Waals surface area contributed by atoms with Gasteiger partial charge in [-0.25, -0.2) is 0 Å². The zero-order valence-electron chi connectivity index (χ0n) is 16.2. The predicted molar refractivity (Wildman–Crippen MR) is 110 cm³/mol. The Morgan fingerprint density at radius 2 is 1.55 bits per heavy atom. The molecule has 0 aromatic heterocycles. The third kappa shape index (κ3) is 5.81. The summed E-state index contributed by atoms with van der Waals surface area (Å²) in [7, 11) is 0. The van der Waals surface area contributed by atoms with Crippen LogP contribution >= 0.6 is 11.6 Å². The number of carbonyl (C=O) groups excluding carboxylic acids is 3. The molecular formula is C22H23ClN2O4. The highest BCUT2D eigenvalue weighted by atomic mass is 35.5. The third-order valence-electron chi connectivity index (χ3n) is 4.90. The van der Waals surface area contributed by atoms with Gasteiger partial charge >= 0.3 is 0 Å². The van der Waals surface area contributed by atoms with Crippen molar-refractivity contribution in [1.29, 1.82) is 0 Å². The van der Waals surface area contributed by atoms with E-state index in [-0.39, 0.29) is 30.2 Å². The van der Waals surface area contributed by atoms with Crippen LogP contribution < -0.4 is 10.1 Å². The van der Waals surface area contributed by atoms with Crippen LogP contribution in [-0.4, -0.2) is 48.2 Å². The van der Waals surface area contributed by atoms with Crippen LogP contribution in [0.5, 0.6) is 5.75 Å². The van der Waals surface area contributed by atoms with Crippen LogP contribution in [0.3, 0.4) is 0 Å². The summed E-state index contributed by atoms with van der Waals surface area (Å²) < 4.78 is 5.52. The van der Waals surface area contributed by atoms with Crippen LogP contribution in [0.2, 0.25) is 5.02 Å². The highest BCUT2D eigenvalue weighted by Crippen LogP contribution is 2.17. The monoisotopic (exact) mass is 414 g/mol. The summed E-state index contributed by atoms with van der Waals surface area (Å²) >= 11 is 5.85. The fourth-order valence-corrected chi connectivity index (χ4v) is 3.35. The number of hydrogen-bond donors (Lipinski definition) is 1. The summed E-state index contributed by atoms with van der Waals surface area (Å²) in [5.41, 5.74) is 1.08. The van der Waals surface area contributed by atoms with Crippen molar-refractivity contribution in [2.45, 2.75) is 25.8 Å². The molecule has 0 saturated carbocycles. The van der Waals surface area contributed by atoms with Crippen LogP contribution in [-0.2, 0) is 9.59 Å². The SMILES string of the molecule is CC(=O)N1CCC(NC(=O)COc2ccc(C(=O)c3ccc(Cl)cc3)cc2)CC1. The number of benzene rings is 2. The van der Waals surface area contributed by atoms with E-state index >= 15 is 0 Å². The number of rotatable bonds is 6. The van der Waals surface area contributed by atoms with E-state index in [1.807, 2.05) is 0 Å².